The van der Waals surface area contributed by atoms with Crippen LogP contribution in [0, 0.1) is 0 Å². The van der Waals surface area contributed by atoms with E-state index < -0.39 is 12.1 Å². The molecule has 0 aromatic rings. The minimum Gasteiger partial charge on any atom is -0.466 e. The van der Waals surface area contributed by atoms with Gasteiger partial charge in [-0.3, -0.25) is 9.59 Å². The van der Waals surface area contributed by atoms with Crippen LogP contribution in [0.15, 0.2) is 12.2 Å². The lowest BCUT2D eigenvalue weighted by Crippen LogP contribution is -2.45. The van der Waals surface area contributed by atoms with Crippen molar-refractivity contribution in [1.82, 2.24) is 5.32 Å². The Morgan fingerprint density at radius 2 is 0.754 bits per heavy atom. The second-order valence-corrected chi connectivity index (χ2v) is 18.9. The largest absolute Gasteiger partial charge is 0.466 e. The molecule has 2 atom stereocenters. The number of aliphatic hydroxyl groups is 2. The number of carbonyl (C=O) groups is 2. The van der Waals surface area contributed by atoms with Crippen LogP contribution in [0.25, 0.3) is 0 Å². The van der Waals surface area contributed by atoms with Crippen LogP contribution in [0.3, 0.4) is 0 Å². The van der Waals surface area contributed by atoms with Gasteiger partial charge in [-0.1, -0.05) is 270 Å². The molecule has 0 radical (unpaired) electrons. The highest BCUT2D eigenvalue weighted by molar-refractivity contribution is 5.76. The van der Waals surface area contributed by atoms with Crippen molar-refractivity contribution in [3.63, 3.8) is 0 Å². The number of allylic oxidation sites excluding steroid dienone is 1. The van der Waals surface area contributed by atoms with Gasteiger partial charge in [-0.2, -0.15) is 0 Å². The number of hydrogen-bond acceptors (Lipinski definition) is 5. The van der Waals surface area contributed by atoms with E-state index in [-0.39, 0.29) is 18.5 Å². The normalized spacial score (nSPS) is 12.7. The van der Waals surface area contributed by atoms with Crippen molar-refractivity contribution in [2.45, 2.75) is 315 Å². The Hall–Kier alpha value is -1.40. The highest BCUT2D eigenvalue weighted by atomic mass is 16.5. The number of esters is 1. The van der Waals surface area contributed by atoms with Gasteiger partial charge in [0.1, 0.15) is 0 Å². The van der Waals surface area contributed by atoms with Gasteiger partial charge in [0, 0.05) is 12.8 Å². The fourth-order valence-corrected chi connectivity index (χ4v) is 8.58. The molecule has 0 fully saturated rings. The molecule has 3 N–H and O–H groups in total. The van der Waals surface area contributed by atoms with Crippen LogP contribution in [0.5, 0.6) is 0 Å². The molecule has 0 rings (SSSR count). The van der Waals surface area contributed by atoms with Crippen molar-refractivity contribution in [1.29, 1.82) is 0 Å². The molecule has 362 valence electrons. The number of aliphatic hydroxyl groups excluding tert-OH is 2. The maximum absolute atomic E-state index is 12.4. The Balaban J connectivity index is 3.44. The summed E-state index contributed by atoms with van der Waals surface area (Å²) in [5.74, 6) is -0.0692. The van der Waals surface area contributed by atoms with E-state index in [0.29, 0.717) is 19.4 Å². The molecule has 1 amide bonds. The van der Waals surface area contributed by atoms with Crippen molar-refractivity contribution in [3.8, 4) is 0 Å². The molecule has 0 bridgehead atoms. The van der Waals surface area contributed by atoms with E-state index in [1.165, 1.54) is 231 Å². The molecular weight excluding hydrogens is 755 g/mol. The first-order chi connectivity index (χ1) is 30.0. The van der Waals surface area contributed by atoms with Gasteiger partial charge in [-0.25, -0.2) is 0 Å². The maximum atomic E-state index is 12.4. The number of ether oxygens (including phenoxy) is 1. The lowest BCUT2D eigenvalue weighted by molar-refractivity contribution is -0.143. The summed E-state index contributed by atoms with van der Waals surface area (Å²) < 4.78 is 5.47. The molecule has 0 aliphatic heterocycles. The van der Waals surface area contributed by atoms with Crippen molar-refractivity contribution in [3.05, 3.63) is 12.2 Å². The van der Waals surface area contributed by atoms with E-state index in [9.17, 15) is 19.8 Å². The van der Waals surface area contributed by atoms with Crippen molar-refractivity contribution < 1.29 is 24.5 Å². The van der Waals surface area contributed by atoms with Gasteiger partial charge in [0.05, 0.1) is 25.4 Å². The summed E-state index contributed by atoms with van der Waals surface area (Å²) >= 11 is 0. The summed E-state index contributed by atoms with van der Waals surface area (Å²) in [6, 6.07) is -0.631. The molecule has 0 aliphatic rings. The molecule has 0 saturated carbocycles. The zero-order valence-corrected chi connectivity index (χ0v) is 41.2. The first-order valence-electron chi connectivity index (χ1n) is 27.5. The molecule has 0 heterocycles. The van der Waals surface area contributed by atoms with Crippen LogP contribution >= 0.6 is 0 Å². The predicted octanol–water partition coefficient (Wildman–Crippen LogP) is 16.5. The standard InChI is InChI=1S/C55H107NO5/c1-3-5-7-9-11-13-15-17-20-24-27-31-35-39-43-47-53(58)52(51-57)56-54(59)48-44-40-36-32-28-25-21-18-19-22-26-30-34-38-42-46-50-61-55(60)49-45-41-37-33-29-23-16-14-12-10-8-6-4-2/h43,47,52-53,57-58H,3-42,44-46,48-51H2,1-2H3,(H,56,59)/b47-43+. The number of amides is 1. The number of nitrogens with one attached hydrogen (secondary N) is 1. The van der Waals surface area contributed by atoms with Crippen LogP contribution in [0.1, 0.15) is 303 Å². The quantitative estimate of drug-likeness (QED) is 0.0322. The Morgan fingerprint density at radius 1 is 0.443 bits per heavy atom. The lowest BCUT2D eigenvalue weighted by Gasteiger charge is -2.20. The van der Waals surface area contributed by atoms with Gasteiger partial charge < -0.3 is 20.3 Å². The number of rotatable bonds is 51. The number of unbranched alkanes of at least 4 members (excludes halogenated alkanes) is 40. The molecular formula is C55H107NO5. The van der Waals surface area contributed by atoms with E-state index in [4.69, 9.17) is 4.74 Å². The smallest absolute Gasteiger partial charge is 0.305 e. The van der Waals surface area contributed by atoms with Crippen molar-refractivity contribution >= 4 is 11.9 Å². The lowest BCUT2D eigenvalue weighted by atomic mass is 10.0. The highest BCUT2D eigenvalue weighted by Gasteiger charge is 2.18. The van der Waals surface area contributed by atoms with E-state index in [1.807, 2.05) is 6.08 Å². The van der Waals surface area contributed by atoms with Gasteiger partial charge >= 0.3 is 5.97 Å². The molecule has 6 heteroatoms. The summed E-state index contributed by atoms with van der Waals surface area (Å²) in [5, 5.41) is 23.1. The summed E-state index contributed by atoms with van der Waals surface area (Å²) in [6.45, 7) is 4.90. The van der Waals surface area contributed by atoms with Gasteiger partial charge in [0.2, 0.25) is 5.91 Å². The van der Waals surface area contributed by atoms with Gasteiger partial charge in [-0.15, -0.1) is 0 Å². The molecule has 0 aromatic heterocycles. The predicted molar refractivity (Wildman–Crippen MR) is 264 cm³/mol. The highest BCUT2D eigenvalue weighted by Crippen LogP contribution is 2.17. The van der Waals surface area contributed by atoms with E-state index in [2.05, 4.69) is 19.2 Å². The summed E-state index contributed by atoms with van der Waals surface area (Å²) in [4.78, 5) is 24.5. The molecule has 0 aliphatic carbocycles. The van der Waals surface area contributed by atoms with Crippen LogP contribution < -0.4 is 5.32 Å². The molecule has 0 aromatic carbocycles. The Labute approximate surface area is 380 Å². The molecule has 61 heavy (non-hydrogen) atoms. The summed E-state index contributed by atoms with van der Waals surface area (Å²) in [6.07, 6.45) is 59.3. The first-order valence-corrected chi connectivity index (χ1v) is 27.5. The zero-order valence-electron chi connectivity index (χ0n) is 41.2. The monoisotopic (exact) mass is 862 g/mol. The third-order valence-electron chi connectivity index (χ3n) is 12.8. The van der Waals surface area contributed by atoms with Crippen LogP contribution in [-0.4, -0.2) is 47.4 Å². The minimum atomic E-state index is -0.847. The molecule has 0 spiro atoms. The van der Waals surface area contributed by atoms with E-state index in [1.54, 1.807) is 6.08 Å². The molecule has 0 saturated heterocycles. The van der Waals surface area contributed by atoms with Gasteiger partial charge in [-0.05, 0) is 32.1 Å². The topological polar surface area (TPSA) is 95.9 Å². The van der Waals surface area contributed by atoms with Gasteiger partial charge in [0.15, 0.2) is 0 Å². The third-order valence-corrected chi connectivity index (χ3v) is 12.8. The third kappa shape index (κ3) is 47.9. The maximum Gasteiger partial charge on any atom is 0.305 e. The fourth-order valence-electron chi connectivity index (χ4n) is 8.58. The van der Waals surface area contributed by atoms with Crippen LogP contribution in [-0.2, 0) is 14.3 Å². The number of carbonyl (C=O) groups excluding carboxylic acids is 2. The minimum absolute atomic E-state index is 0.00397. The van der Waals surface area contributed by atoms with E-state index >= 15 is 0 Å². The van der Waals surface area contributed by atoms with Crippen LogP contribution in [0.2, 0.25) is 0 Å². The summed E-state index contributed by atoms with van der Waals surface area (Å²) in [5.41, 5.74) is 0. The SMILES string of the molecule is CCCCCCCCCCCCCCC/C=C/C(O)C(CO)NC(=O)CCCCCCCCCCCCCCCCCCOC(=O)CCCCCCCCCCCCCCC. The Bertz CT molecular complexity index is 909. The summed E-state index contributed by atoms with van der Waals surface area (Å²) in [7, 11) is 0. The van der Waals surface area contributed by atoms with Crippen molar-refractivity contribution in [2.24, 2.45) is 0 Å². The fraction of sp³-hybridized carbons (Fsp3) is 0.927. The van der Waals surface area contributed by atoms with Crippen LogP contribution in [0.4, 0.5) is 0 Å². The average molecular weight is 862 g/mol. The zero-order chi connectivity index (χ0) is 44.4. The Morgan fingerprint density at radius 3 is 1.11 bits per heavy atom. The second kappa shape index (κ2) is 51.2. The number of hydrogen-bond donors (Lipinski definition) is 3. The Kier molecular flexibility index (Phi) is 50.1. The molecule has 2 unspecified atom stereocenters. The first kappa shape index (κ1) is 59.6. The molecule has 6 nitrogen and oxygen atoms in total. The van der Waals surface area contributed by atoms with E-state index in [0.717, 1.165) is 44.9 Å². The van der Waals surface area contributed by atoms with Crippen molar-refractivity contribution in [2.75, 3.05) is 13.2 Å². The van der Waals surface area contributed by atoms with Gasteiger partial charge in [0.25, 0.3) is 0 Å². The average Bonchev–Trinajstić information content (AvgIpc) is 3.26. The second-order valence-electron chi connectivity index (χ2n) is 18.9.